The van der Waals surface area contributed by atoms with E-state index in [1.54, 1.807) is 7.11 Å². The second-order valence-corrected chi connectivity index (χ2v) is 5.68. The van der Waals surface area contributed by atoms with Crippen LogP contribution in [0, 0.1) is 0 Å². The van der Waals surface area contributed by atoms with Crippen molar-refractivity contribution in [2.75, 3.05) is 25.5 Å². The van der Waals surface area contributed by atoms with Crippen molar-refractivity contribution in [3.05, 3.63) is 29.8 Å². The summed E-state index contributed by atoms with van der Waals surface area (Å²) < 4.78 is 5.13. The van der Waals surface area contributed by atoms with Gasteiger partial charge in [-0.15, -0.1) is 0 Å². The Morgan fingerprint density at radius 3 is 2.37 bits per heavy atom. The zero-order chi connectivity index (χ0) is 13.7. The molecule has 1 N–H and O–H groups in total. The third-order valence-electron chi connectivity index (χ3n) is 3.90. The van der Waals surface area contributed by atoms with Gasteiger partial charge in [0.1, 0.15) is 0 Å². The Bertz CT molecular complexity index is 367. The van der Waals surface area contributed by atoms with Crippen molar-refractivity contribution in [2.24, 2.45) is 0 Å². The molecule has 0 saturated carbocycles. The molecule has 1 saturated heterocycles. The predicted octanol–water partition coefficient (Wildman–Crippen LogP) is 3.12. The van der Waals surface area contributed by atoms with E-state index >= 15 is 0 Å². The Balaban J connectivity index is 1.82. The first kappa shape index (κ1) is 14.4. The van der Waals surface area contributed by atoms with Crippen LogP contribution in [-0.2, 0) is 11.3 Å². The number of likely N-dealkylation sites (tertiary alicyclic amines) is 1. The number of rotatable bonds is 5. The summed E-state index contributed by atoms with van der Waals surface area (Å²) in [6, 6.07) is 9.87. The van der Waals surface area contributed by atoms with Crippen LogP contribution in [0.5, 0.6) is 0 Å². The third-order valence-corrected chi connectivity index (χ3v) is 3.90. The normalized spacial score (nSPS) is 17.9. The van der Waals surface area contributed by atoms with Crippen molar-refractivity contribution >= 4 is 5.69 Å². The number of nitrogens with zero attached hydrogens (tertiary/aromatic N) is 1. The van der Waals surface area contributed by atoms with Crippen LogP contribution in [0.4, 0.5) is 5.69 Å². The highest BCUT2D eigenvalue weighted by Crippen LogP contribution is 2.18. The predicted molar refractivity (Wildman–Crippen MR) is 80.5 cm³/mol. The largest absolute Gasteiger partial charge is 0.382 e. The number of hydrogen-bond donors (Lipinski definition) is 1. The maximum atomic E-state index is 5.13. The highest BCUT2D eigenvalue weighted by molar-refractivity contribution is 5.45. The lowest BCUT2D eigenvalue weighted by atomic mass is 10.0. The maximum Gasteiger partial charge on any atom is 0.0713 e. The van der Waals surface area contributed by atoms with Crippen LogP contribution in [-0.4, -0.2) is 37.2 Å². The van der Waals surface area contributed by atoms with Crippen molar-refractivity contribution in [1.82, 2.24) is 4.90 Å². The summed E-state index contributed by atoms with van der Waals surface area (Å²) in [5.74, 6) is 0. The Morgan fingerprint density at radius 2 is 1.84 bits per heavy atom. The average Bonchev–Trinajstić information content (AvgIpc) is 2.42. The molecule has 3 heteroatoms. The van der Waals surface area contributed by atoms with E-state index in [9.17, 15) is 0 Å². The molecular formula is C16H26N2O. The Hall–Kier alpha value is -1.06. The van der Waals surface area contributed by atoms with Gasteiger partial charge in [-0.1, -0.05) is 12.1 Å². The van der Waals surface area contributed by atoms with E-state index < -0.39 is 0 Å². The standard InChI is InChI=1S/C16H26N2O/c1-13(2)18-10-8-16(9-11-18)17-15-6-4-14(5-7-15)12-19-3/h4-7,13,16-17H,8-12H2,1-3H3. The van der Waals surface area contributed by atoms with Gasteiger partial charge < -0.3 is 15.0 Å². The highest BCUT2D eigenvalue weighted by Gasteiger charge is 2.20. The second kappa shape index (κ2) is 6.92. The molecule has 1 aliphatic heterocycles. The van der Waals surface area contributed by atoms with Crippen LogP contribution in [0.2, 0.25) is 0 Å². The lowest BCUT2D eigenvalue weighted by molar-refractivity contribution is 0.177. The molecule has 0 aromatic heterocycles. The zero-order valence-corrected chi connectivity index (χ0v) is 12.4. The molecule has 1 aliphatic rings. The molecule has 1 fully saturated rings. The summed E-state index contributed by atoms with van der Waals surface area (Å²) >= 11 is 0. The topological polar surface area (TPSA) is 24.5 Å². The summed E-state index contributed by atoms with van der Waals surface area (Å²) in [5, 5.41) is 3.64. The summed E-state index contributed by atoms with van der Waals surface area (Å²) in [6.07, 6.45) is 2.47. The highest BCUT2D eigenvalue weighted by atomic mass is 16.5. The fourth-order valence-corrected chi connectivity index (χ4v) is 2.66. The summed E-state index contributed by atoms with van der Waals surface area (Å²) in [4.78, 5) is 2.56. The third kappa shape index (κ3) is 4.22. The van der Waals surface area contributed by atoms with Crippen LogP contribution in [0.3, 0.4) is 0 Å². The van der Waals surface area contributed by atoms with Gasteiger partial charge in [-0.25, -0.2) is 0 Å². The Labute approximate surface area is 116 Å². The van der Waals surface area contributed by atoms with E-state index in [2.05, 4.69) is 48.3 Å². The Morgan fingerprint density at radius 1 is 1.21 bits per heavy atom. The fourth-order valence-electron chi connectivity index (χ4n) is 2.66. The monoisotopic (exact) mass is 262 g/mol. The fraction of sp³-hybridized carbons (Fsp3) is 0.625. The number of hydrogen-bond acceptors (Lipinski definition) is 3. The minimum absolute atomic E-state index is 0.614. The second-order valence-electron chi connectivity index (χ2n) is 5.68. The van der Waals surface area contributed by atoms with Gasteiger partial charge in [-0.2, -0.15) is 0 Å². The number of anilines is 1. The lowest BCUT2D eigenvalue weighted by Crippen LogP contribution is -2.42. The van der Waals surface area contributed by atoms with E-state index in [1.807, 2.05) is 0 Å². The van der Waals surface area contributed by atoms with E-state index in [1.165, 1.54) is 37.2 Å². The average molecular weight is 262 g/mol. The lowest BCUT2D eigenvalue weighted by Gasteiger charge is -2.35. The number of nitrogens with one attached hydrogen (secondary N) is 1. The van der Waals surface area contributed by atoms with Crippen molar-refractivity contribution < 1.29 is 4.74 Å². The maximum absolute atomic E-state index is 5.13. The van der Waals surface area contributed by atoms with Crippen molar-refractivity contribution in [1.29, 1.82) is 0 Å². The van der Waals surface area contributed by atoms with E-state index in [4.69, 9.17) is 4.74 Å². The summed E-state index contributed by atoms with van der Waals surface area (Å²) in [6.45, 7) is 7.66. The van der Waals surface area contributed by atoms with Gasteiger partial charge in [0.05, 0.1) is 6.61 Å². The van der Waals surface area contributed by atoms with E-state index in [0.717, 1.165) is 0 Å². The molecule has 2 rings (SSSR count). The minimum Gasteiger partial charge on any atom is -0.382 e. The van der Waals surface area contributed by atoms with Gasteiger partial charge in [0.2, 0.25) is 0 Å². The van der Waals surface area contributed by atoms with E-state index in [0.29, 0.717) is 18.7 Å². The van der Waals surface area contributed by atoms with E-state index in [-0.39, 0.29) is 0 Å². The van der Waals surface area contributed by atoms with Crippen LogP contribution < -0.4 is 5.32 Å². The van der Waals surface area contributed by atoms with Gasteiger partial charge in [0, 0.05) is 38.0 Å². The molecule has 1 aromatic carbocycles. The molecule has 0 radical (unpaired) electrons. The Kier molecular flexibility index (Phi) is 5.23. The molecule has 0 unspecified atom stereocenters. The van der Waals surface area contributed by atoms with Gasteiger partial charge in [0.25, 0.3) is 0 Å². The van der Waals surface area contributed by atoms with Gasteiger partial charge in [-0.05, 0) is 44.4 Å². The SMILES string of the molecule is COCc1ccc(NC2CCN(C(C)C)CC2)cc1. The molecule has 0 bridgehead atoms. The van der Waals surface area contributed by atoms with Crippen molar-refractivity contribution in [3.63, 3.8) is 0 Å². The smallest absolute Gasteiger partial charge is 0.0713 e. The first-order valence-electron chi connectivity index (χ1n) is 7.27. The molecule has 1 heterocycles. The molecule has 0 atom stereocenters. The molecule has 106 valence electrons. The molecule has 0 spiro atoms. The van der Waals surface area contributed by atoms with Gasteiger partial charge >= 0.3 is 0 Å². The molecule has 19 heavy (non-hydrogen) atoms. The first-order valence-corrected chi connectivity index (χ1v) is 7.27. The number of ether oxygens (including phenoxy) is 1. The van der Waals surface area contributed by atoms with Crippen molar-refractivity contribution in [3.8, 4) is 0 Å². The molecule has 0 aliphatic carbocycles. The number of benzene rings is 1. The van der Waals surface area contributed by atoms with Crippen LogP contribution in [0.15, 0.2) is 24.3 Å². The number of methoxy groups -OCH3 is 1. The first-order chi connectivity index (χ1) is 9.19. The quantitative estimate of drug-likeness (QED) is 0.882. The zero-order valence-electron chi connectivity index (χ0n) is 12.4. The molecule has 0 amide bonds. The van der Waals surface area contributed by atoms with Crippen LogP contribution in [0.25, 0.3) is 0 Å². The van der Waals surface area contributed by atoms with Crippen LogP contribution in [0.1, 0.15) is 32.3 Å². The van der Waals surface area contributed by atoms with Gasteiger partial charge in [-0.3, -0.25) is 0 Å². The number of piperidine rings is 1. The molecule has 3 nitrogen and oxygen atoms in total. The minimum atomic E-state index is 0.614. The molecular weight excluding hydrogens is 236 g/mol. The van der Waals surface area contributed by atoms with Gasteiger partial charge in [0.15, 0.2) is 0 Å². The van der Waals surface area contributed by atoms with Crippen molar-refractivity contribution in [2.45, 2.75) is 45.4 Å². The van der Waals surface area contributed by atoms with Crippen LogP contribution >= 0.6 is 0 Å². The summed E-state index contributed by atoms with van der Waals surface area (Å²) in [5.41, 5.74) is 2.45. The molecule has 1 aromatic rings. The summed E-state index contributed by atoms with van der Waals surface area (Å²) in [7, 11) is 1.73.